The van der Waals surface area contributed by atoms with Gasteiger partial charge in [-0.25, -0.2) is 4.98 Å². The summed E-state index contributed by atoms with van der Waals surface area (Å²) in [5.41, 5.74) is 5.41. The summed E-state index contributed by atoms with van der Waals surface area (Å²) in [5, 5.41) is 19.8. The van der Waals surface area contributed by atoms with Crippen LogP contribution in [0.25, 0.3) is 0 Å². The number of fused-ring (bicyclic) bond motifs is 1. The Bertz CT molecular complexity index is 1150. The second-order valence-corrected chi connectivity index (χ2v) is 10.7. The largest absolute Gasteiger partial charge is 0.507 e. The second kappa shape index (κ2) is 10.3. The molecule has 4 rings (SSSR count). The van der Waals surface area contributed by atoms with Gasteiger partial charge in [-0.3, -0.25) is 10.2 Å². The van der Waals surface area contributed by atoms with Gasteiger partial charge in [0, 0.05) is 28.8 Å². The van der Waals surface area contributed by atoms with Crippen LogP contribution in [-0.2, 0) is 12.0 Å². The monoisotopic (exact) mass is 543 g/mol. The molecule has 0 saturated heterocycles. The SMILES string of the molecule is Br.CCOc1c(C)nc2c(c1C)CN(CC(=O)c1cc(C3CCCC3)c(O)c(C(C)(C)C)c1)C2=N. The molecule has 2 N–H and O–H groups in total. The second-order valence-electron chi connectivity index (χ2n) is 10.7. The Morgan fingerprint density at radius 1 is 1.23 bits per heavy atom. The van der Waals surface area contributed by atoms with Crippen molar-refractivity contribution >= 4 is 28.6 Å². The minimum atomic E-state index is -0.279. The normalized spacial score (nSPS) is 15.8. The quantitative estimate of drug-likeness (QED) is 0.414. The van der Waals surface area contributed by atoms with E-state index in [1.807, 2.05) is 32.9 Å². The van der Waals surface area contributed by atoms with E-state index in [4.69, 9.17) is 10.1 Å². The number of rotatable bonds is 6. The van der Waals surface area contributed by atoms with Crippen molar-refractivity contribution in [2.45, 2.75) is 85.1 Å². The van der Waals surface area contributed by atoms with Crippen LogP contribution >= 0.6 is 17.0 Å². The van der Waals surface area contributed by atoms with Crippen LogP contribution in [0.2, 0.25) is 0 Å². The number of carbonyl (C=O) groups is 1. The molecule has 0 atom stereocenters. The van der Waals surface area contributed by atoms with E-state index in [0.717, 1.165) is 59.4 Å². The number of phenolic OH excluding ortho intramolecular Hbond substituents is 1. The van der Waals surface area contributed by atoms with Gasteiger partial charge in [0.15, 0.2) is 5.78 Å². The van der Waals surface area contributed by atoms with Crippen molar-refractivity contribution < 1.29 is 14.6 Å². The number of phenols is 1. The van der Waals surface area contributed by atoms with E-state index in [9.17, 15) is 9.90 Å². The van der Waals surface area contributed by atoms with Crippen LogP contribution in [0.1, 0.15) is 103 Å². The van der Waals surface area contributed by atoms with Crippen molar-refractivity contribution in [3.8, 4) is 11.5 Å². The van der Waals surface area contributed by atoms with Crippen molar-refractivity contribution in [2.24, 2.45) is 0 Å². The molecule has 1 aromatic carbocycles. The number of Topliss-reactive ketones (excluding diaryl/α,β-unsaturated/α-hetero) is 1. The summed E-state index contributed by atoms with van der Waals surface area (Å²) in [6, 6.07) is 3.75. The van der Waals surface area contributed by atoms with E-state index in [0.29, 0.717) is 36.1 Å². The van der Waals surface area contributed by atoms with Crippen molar-refractivity contribution in [3.05, 3.63) is 51.3 Å². The minimum absolute atomic E-state index is 0. The standard InChI is InChI=1S/C28H37N3O3.BrH/c1-7-34-26-16(2)21-14-31(27(29)24(21)30-17(26)3)15-23(32)19-12-20(18-10-8-9-11-18)25(33)22(13-19)28(4,5)6;/h12-13,18,29,33H,7-11,14-15H2,1-6H3;1H. The van der Waals surface area contributed by atoms with E-state index in [1.165, 1.54) is 0 Å². The molecule has 2 heterocycles. The number of hydrogen-bond donors (Lipinski definition) is 2. The van der Waals surface area contributed by atoms with E-state index in [1.54, 1.807) is 4.90 Å². The number of benzene rings is 1. The average molecular weight is 545 g/mol. The first-order valence-corrected chi connectivity index (χ1v) is 12.4. The van der Waals surface area contributed by atoms with Crippen LogP contribution < -0.4 is 4.74 Å². The van der Waals surface area contributed by atoms with Gasteiger partial charge in [0.25, 0.3) is 0 Å². The number of halogens is 1. The lowest BCUT2D eigenvalue weighted by Crippen LogP contribution is -2.30. The number of nitrogens with zero attached hydrogens (tertiary/aromatic N) is 2. The topological polar surface area (TPSA) is 86.5 Å². The highest BCUT2D eigenvalue weighted by atomic mass is 79.9. The molecule has 35 heavy (non-hydrogen) atoms. The molecule has 2 aromatic rings. The number of aryl methyl sites for hydroxylation is 1. The third-order valence-corrected chi connectivity index (χ3v) is 7.26. The first-order chi connectivity index (χ1) is 16.0. The predicted octanol–water partition coefficient (Wildman–Crippen LogP) is 6.36. The Morgan fingerprint density at radius 3 is 2.49 bits per heavy atom. The van der Waals surface area contributed by atoms with Gasteiger partial charge in [-0.1, -0.05) is 33.6 Å². The number of hydrogen-bond acceptors (Lipinski definition) is 5. The summed E-state index contributed by atoms with van der Waals surface area (Å²) < 4.78 is 5.79. The van der Waals surface area contributed by atoms with Crippen LogP contribution in [0, 0.1) is 19.3 Å². The number of carbonyl (C=O) groups excluding carboxylic acids is 1. The van der Waals surface area contributed by atoms with Crippen LogP contribution in [0.4, 0.5) is 0 Å². The van der Waals surface area contributed by atoms with E-state index < -0.39 is 0 Å². The summed E-state index contributed by atoms with van der Waals surface area (Å²) in [4.78, 5) is 19.9. The van der Waals surface area contributed by atoms with E-state index in [2.05, 4.69) is 25.8 Å². The number of ketones is 1. The van der Waals surface area contributed by atoms with E-state index in [-0.39, 0.29) is 40.6 Å². The summed E-state index contributed by atoms with van der Waals surface area (Å²) in [5.74, 6) is 1.66. The van der Waals surface area contributed by atoms with Gasteiger partial charge in [0.05, 0.1) is 18.8 Å². The molecule has 1 aliphatic heterocycles. The summed E-state index contributed by atoms with van der Waals surface area (Å²) in [6.07, 6.45) is 4.42. The Kier molecular flexibility index (Phi) is 7.99. The molecule has 1 aromatic heterocycles. The lowest BCUT2D eigenvalue weighted by molar-refractivity contribution is 0.0962. The molecule has 1 fully saturated rings. The minimum Gasteiger partial charge on any atom is -0.507 e. The fourth-order valence-corrected chi connectivity index (χ4v) is 5.38. The Hall–Kier alpha value is -2.41. The van der Waals surface area contributed by atoms with Crippen LogP contribution in [0.5, 0.6) is 11.5 Å². The fourth-order valence-electron chi connectivity index (χ4n) is 5.38. The van der Waals surface area contributed by atoms with Crippen molar-refractivity contribution in [1.82, 2.24) is 9.88 Å². The number of amidine groups is 1. The van der Waals surface area contributed by atoms with Gasteiger partial charge in [-0.2, -0.15) is 0 Å². The Morgan fingerprint density at radius 2 is 1.89 bits per heavy atom. The third kappa shape index (κ3) is 5.11. The van der Waals surface area contributed by atoms with E-state index >= 15 is 0 Å². The molecule has 1 saturated carbocycles. The molecule has 7 heteroatoms. The zero-order valence-electron chi connectivity index (χ0n) is 21.7. The smallest absolute Gasteiger partial charge is 0.182 e. The molecule has 6 nitrogen and oxygen atoms in total. The molecule has 0 spiro atoms. The molecule has 0 bridgehead atoms. The molecule has 190 valence electrons. The Balaban J connectivity index is 0.00000342. The van der Waals surface area contributed by atoms with Crippen LogP contribution in [-0.4, -0.2) is 39.8 Å². The molecular weight excluding hydrogens is 506 g/mol. The summed E-state index contributed by atoms with van der Waals surface area (Å²) in [6.45, 7) is 13.2. The maximum Gasteiger partial charge on any atom is 0.182 e. The van der Waals surface area contributed by atoms with Crippen LogP contribution in [0.15, 0.2) is 12.1 Å². The zero-order chi connectivity index (χ0) is 24.8. The lowest BCUT2D eigenvalue weighted by atomic mass is 9.81. The number of nitrogens with one attached hydrogen (secondary N) is 1. The highest BCUT2D eigenvalue weighted by Gasteiger charge is 2.32. The van der Waals surface area contributed by atoms with Crippen LogP contribution in [0.3, 0.4) is 0 Å². The molecule has 1 aliphatic carbocycles. The van der Waals surface area contributed by atoms with Gasteiger partial charge in [0.1, 0.15) is 23.0 Å². The number of pyridine rings is 1. The van der Waals surface area contributed by atoms with Gasteiger partial charge in [-0.15, -0.1) is 17.0 Å². The van der Waals surface area contributed by atoms with Gasteiger partial charge < -0.3 is 14.7 Å². The first-order valence-electron chi connectivity index (χ1n) is 12.4. The molecule has 2 aliphatic rings. The van der Waals surface area contributed by atoms with Gasteiger partial charge in [-0.05, 0) is 62.6 Å². The predicted molar refractivity (Wildman–Crippen MR) is 145 cm³/mol. The number of aromatic nitrogens is 1. The fraction of sp³-hybridized carbons (Fsp3) is 0.536. The van der Waals surface area contributed by atoms with Gasteiger partial charge in [0.2, 0.25) is 0 Å². The van der Waals surface area contributed by atoms with Crippen molar-refractivity contribution in [1.29, 1.82) is 5.41 Å². The average Bonchev–Trinajstić information content (AvgIpc) is 3.40. The third-order valence-electron chi connectivity index (χ3n) is 7.26. The maximum atomic E-state index is 13.5. The summed E-state index contributed by atoms with van der Waals surface area (Å²) in [7, 11) is 0. The molecule has 0 amide bonds. The Labute approximate surface area is 219 Å². The maximum absolute atomic E-state index is 13.5. The molecule has 0 unspecified atom stereocenters. The zero-order valence-corrected chi connectivity index (χ0v) is 23.5. The highest BCUT2D eigenvalue weighted by Crippen LogP contribution is 2.43. The highest BCUT2D eigenvalue weighted by molar-refractivity contribution is 8.93. The number of ether oxygens (including phenoxy) is 1. The summed E-state index contributed by atoms with van der Waals surface area (Å²) >= 11 is 0. The van der Waals surface area contributed by atoms with Crippen molar-refractivity contribution in [3.63, 3.8) is 0 Å². The molecular formula is C28H38BrN3O3. The first kappa shape index (κ1) is 27.2. The number of aromatic hydroxyl groups is 1. The molecule has 0 radical (unpaired) electrons. The van der Waals surface area contributed by atoms with Crippen molar-refractivity contribution in [2.75, 3.05) is 13.2 Å². The van der Waals surface area contributed by atoms with Gasteiger partial charge >= 0.3 is 0 Å². The lowest BCUT2D eigenvalue weighted by Gasteiger charge is -2.25.